The lowest BCUT2D eigenvalue weighted by molar-refractivity contribution is 0.348. The van der Waals surface area contributed by atoms with Crippen molar-refractivity contribution < 1.29 is 9.47 Å². The smallest absolute Gasteiger partial charge is 0.178 e. The predicted octanol–water partition coefficient (Wildman–Crippen LogP) is 3.09. The number of ether oxygens (including phenoxy) is 2. The van der Waals surface area contributed by atoms with Crippen molar-refractivity contribution in [3.63, 3.8) is 0 Å². The van der Waals surface area contributed by atoms with E-state index < -0.39 is 0 Å². The van der Waals surface area contributed by atoms with E-state index in [9.17, 15) is 0 Å². The Morgan fingerprint density at radius 1 is 1.30 bits per heavy atom. The number of fused-ring (bicyclic) bond motifs is 1. The first-order valence-corrected chi connectivity index (χ1v) is 7.00. The molecule has 114 valence electrons. The van der Waals surface area contributed by atoms with E-state index in [4.69, 9.17) is 14.7 Å². The number of pyridine rings is 1. The summed E-state index contributed by atoms with van der Waals surface area (Å²) in [6, 6.07) is 11.0. The molecule has 2 aromatic heterocycles. The van der Waals surface area contributed by atoms with Crippen LogP contribution in [0.5, 0.6) is 11.5 Å². The first-order chi connectivity index (χ1) is 11.3. The second kappa shape index (κ2) is 6.62. The van der Waals surface area contributed by atoms with E-state index in [1.54, 1.807) is 24.4 Å². The number of H-pyrrole nitrogens is 1. The molecule has 0 saturated heterocycles. The van der Waals surface area contributed by atoms with Gasteiger partial charge in [0.15, 0.2) is 12.3 Å². The van der Waals surface area contributed by atoms with Crippen LogP contribution in [0.1, 0.15) is 0 Å². The fourth-order valence-corrected chi connectivity index (χ4v) is 2.14. The summed E-state index contributed by atoms with van der Waals surface area (Å²) in [6.07, 6.45) is 3.35. The van der Waals surface area contributed by atoms with Crippen molar-refractivity contribution in [3.05, 3.63) is 49.2 Å². The Morgan fingerprint density at radius 2 is 2.22 bits per heavy atom. The molecule has 6 heteroatoms. The molecule has 1 N–H and O–H groups in total. The van der Waals surface area contributed by atoms with Gasteiger partial charge in [0.1, 0.15) is 30.0 Å². The summed E-state index contributed by atoms with van der Waals surface area (Å²) in [6.45, 7) is 3.99. The van der Waals surface area contributed by atoms with Crippen molar-refractivity contribution in [3.8, 4) is 29.0 Å². The SMILES string of the molecule is C=CCOc1cc(OCC#N)ccc1-c1nc2ncccc2[nH]1. The molecule has 0 spiro atoms. The minimum absolute atomic E-state index is 0.0190. The average molecular weight is 306 g/mol. The monoisotopic (exact) mass is 306 g/mol. The largest absolute Gasteiger partial charge is 0.489 e. The number of nitrogens with one attached hydrogen (secondary N) is 1. The van der Waals surface area contributed by atoms with Gasteiger partial charge < -0.3 is 14.5 Å². The Hall–Kier alpha value is -3.33. The van der Waals surface area contributed by atoms with Gasteiger partial charge in [0.25, 0.3) is 0 Å². The van der Waals surface area contributed by atoms with E-state index in [1.807, 2.05) is 24.3 Å². The maximum Gasteiger partial charge on any atom is 0.178 e. The highest BCUT2D eigenvalue weighted by molar-refractivity contribution is 5.77. The van der Waals surface area contributed by atoms with Crippen molar-refractivity contribution in [2.75, 3.05) is 13.2 Å². The molecular weight excluding hydrogens is 292 g/mol. The van der Waals surface area contributed by atoms with Crippen molar-refractivity contribution >= 4 is 11.2 Å². The number of hydrogen-bond donors (Lipinski definition) is 1. The van der Waals surface area contributed by atoms with Gasteiger partial charge in [0, 0.05) is 12.3 Å². The van der Waals surface area contributed by atoms with Crippen LogP contribution < -0.4 is 9.47 Å². The Morgan fingerprint density at radius 3 is 3.00 bits per heavy atom. The molecule has 0 aliphatic rings. The molecule has 0 aliphatic carbocycles. The van der Waals surface area contributed by atoms with Crippen LogP contribution in [0.2, 0.25) is 0 Å². The molecule has 0 fully saturated rings. The first kappa shape index (κ1) is 14.6. The lowest BCUT2D eigenvalue weighted by Crippen LogP contribution is -1.98. The summed E-state index contributed by atoms with van der Waals surface area (Å²) < 4.78 is 11.0. The Balaban J connectivity index is 2.02. The molecule has 1 aromatic carbocycles. The van der Waals surface area contributed by atoms with Crippen LogP contribution in [0, 0.1) is 11.3 Å². The standard InChI is InChI=1S/C17H14N4O2/c1-2-9-23-15-11-12(22-10-7-18)5-6-13(15)16-20-14-4-3-8-19-17(14)21-16/h2-6,8,11H,1,9-10H2,(H,19,20,21). The number of aromatic amines is 1. The zero-order chi connectivity index (χ0) is 16.1. The van der Waals surface area contributed by atoms with Crippen LogP contribution >= 0.6 is 0 Å². The average Bonchev–Trinajstić information content (AvgIpc) is 3.02. The quantitative estimate of drug-likeness (QED) is 0.707. The normalized spacial score (nSPS) is 10.2. The number of nitriles is 1. The van der Waals surface area contributed by atoms with Crippen LogP contribution in [-0.2, 0) is 0 Å². The zero-order valence-electron chi connectivity index (χ0n) is 12.3. The third-order valence-corrected chi connectivity index (χ3v) is 3.13. The molecule has 0 amide bonds. The second-order valence-corrected chi connectivity index (χ2v) is 4.66. The van der Waals surface area contributed by atoms with Gasteiger partial charge in [-0.05, 0) is 24.3 Å². The summed E-state index contributed by atoms with van der Waals surface area (Å²) in [7, 11) is 0. The van der Waals surface area contributed by atoms with Gasteiger partial charge in [-0.25, -0.2) is 9.97 Å². The van der Waals surface area contributed by atoms with E-state index in [0.29, 0.717) is 29.6 Å². The van der Waals surface area contributed by atoms with Crippen molar-refractivity contribution in [1.82, 2.24) is 15.0 Å². The number of benzene rings is 1. The topological polar surface area (TPSA) is 83.8 Å². The number of rotatable bonds is 6. The lowest BCUT2D eigenvalue weighted by atomic mass is 10.2. The predicted molar refractivity (Wildman–Crippen MR) is 86.1 cm³/mol. The molecule has 23 heavy (non-hydrogen) atoms. The van der Waals surface area contributed by atoms with Crippen LogP contribution in [0.15, 0.2) is 49.2 Å². The molecule has 2 heterocycles. The van der Waals surface area contributed by atoms with Crippen LogP contribution in [-0.4, -0.2) is 28.2 Å². The highest BCUT2D eigenvalue weighted by Gasteiger charge is 2.13. The third kappa shape index (κ3) is 3.14. The van der Waals surface area contributed by atoms with Crippen LogP contribution in [0.3, 0.4) is 0 Å². The Kier molecular flexibility index (Phi) is 4.20. The van der Waals surface area contributed by atoms with Gasteiger partial charge in [-0.1, -0.05) is 12.7 Å². The maximum absolute atomic E-state index is 8.61. The molecule has 0 saturated carbocycles. The van der Waals surface area contributed by atoms with E-state index in [2.05, 4.69) is 21.5 Å². The number of hydrogen-bond acceptors (Lipinski definition) is 5. The molecule has 0 unspecified atom stereocenters. The lowest BCUT2D eigenvalue weighted by Gasteiger charge is -2.10. The van der Waals surface area contributed by atoms with Crippen molar-refractivity contribution in [1.29, 1.82) is 5.26 Å². The minimum Gasteiger partial charge on any atom is -0.489 e. The molecule has 0 radical (unpaired) electrons. The minimum atomic E-state index is -0.0190. The number of nitrogens with zero attached hydrogens (tertiary/aromatic N) is 3. The van der Waals surface area contributed by atoms with E-state index in [-0.39, 0.29) is 6.61 Å². The van der Waals surface area contributed by atoms with Crippen molar-refractivity contribution in [2.24, 2.45) is 0 Å². The van der Waals surface area contributed by atoms with Gasteiger partial charge in [0.05, 0.1) is 11.1 Å². The Labute approximate surface area is 133 Å². The number of imidazole rings is 1. The summed E-state index contributed by atoms with van der Waals surface area (Å²) in [5, 5.41) is 8.61. The van der Waals surface area contributed by atoms with Crippen LogP contribution in [0.25, 0.3) is 22.6 Å². The van der Waals surface area contributed by atoms with Gasteiger partial charge in [-0.3, -0.25) is 0 Å². The summed E-state index contributed by atoms with van der Waals surface area (Å²) in [5.74, 6) is 1.81. The van der Waals surface area contributed by atoms with Gasteiger partial charge in [0.2, 0.25) is 0 Å². The van der Waals surface area contributed by atoms with Crippen LogP contribution in [0.4, 0.5) is 0 Å². The van der Waals surface area contributed by atoms with E-state index in [1.165, 1.54) is 0 Å². The number of aromatic nitrogens is 3. The third-order valence-electron chi connectivity index (χ3n) is 3.13. The second-order valence-electron chi connectivity index (χ2n) is 4.66. The molecule has 3 aromatic rings. The van der Waals surface area contributed by atoms with Gasteiger partial charge >= 0.3 is 0 Å². The molecule has 0 bridgehead atoms. The van der Waals surface area contributed by atoms with E-state index in [0.717, 1.165) is 11.1 Å². The van der Waals surface area contributed by atoms with Crippen molar-refractivity contribution in [2.45, 2.75) is 0 Å². The summed E-state index contributed by atoms with van der Waals surface area (Å²) in [4.78, 5) is 11.9. The summed E-state index contributed by atoms with van der Waals surface area (Å²) >= 11 is 0. The maximum atomic E-state index is 8.61. The summed E-state index contributed by atoms with van der Waals surface area (Å²) in [5.41, 5.74) is 2.28. The fourth-order valence-electron chi connectivity index (χ4n) is 2.14. The highest BCUT2D eigenvalue weighted by atomic mass is 16.5. The molecule has 0 atom stereocenters. The molecule has 3 rings (SSSR count). The van der Waals surface area contributed by atoms with Gasteiger partial charge in [-0.2, -0.15) is 5.26 Å². The zero-order valence-corrected chi connectivity index (χ0v) is 12.3. The fraction of sp³-hybridized carbons (Fsp3) is 0.118. The molecule has 0 aliphatic heterocycles. The van der Waals surface area contributed by atoms with Gasteiger partial charge in [-0.15, -0.1) is 0 Å². The van der Waals surface area contributed by atoms with E-state index >= 15 is 0 Å². The molecule has 6 nitrogen and oxygen atoms in total. The Bertz CT molecular complexity index is 847. The molecular formula is C17H14N4O2. The first-order valence-electron chi connectivity index (χ1n) is 7.00. The highest BCUT2D eigenvalue weighted by Crippen LogP contribution is 2.32.